The van der Waals surface area contributed by atoms with Crippen molar-refractivity contribution in [2.75, 3.05) is 24.7 Å². The molecule has 94 valence electrons. The first-order valence-corrected chi connectivity index (χ1v) is 7.54. The average Bonchev–Trinajstić information content (AvgIpc) is 2.88. The molecule has 1 unspecified atom stereocenters. The van der Waals surface area contributed by atoms with E-state index in [1.807, 2.05) is 11.8 Å². The van der Waals surface area contributed by atoms with Crippen molar-refractivity contribution in [3.63, 3.8) is 0 Å². The third-order valence-corrected chi connectivity index (χ3v) is 4.02. The molecule has 2 rings (SSSR count). The van der Waals surface area contributed by atoms with Crippen molar-refractivity contribution in [3.05, 3.63) is 35.9 Å². The SMILES string of the molecule is c1ccc(CNCCSCC2CCCO2)cc1. The Morgan fingerprint density at radius 1 is 1.29 bits per heavy atom. The molecule has 17 heavy (non-hydrogen) atoms. The van der Waals surface area contributed by atoms with Crippen LogP contribution < -0.4 is 5.32 Å². The minimum absolute atomic E-state index is 0.522. The van der Waals surface area contributed by atoms with Gasteiger partial charge in [0.25, 0.3) is 0 Å². The van der Waals surface area contributed by atoms with Crippen LogP contribution in [-0.4, -0.2) is 30.8 Å². The molecule has 1 fully saturated rings. The quantitative estimate of drug-likeness (QED) is 0.753. The Bertz CT molecular complexity index is 298. The van der Waals surface area contributed by atoms with Gasteiger partial charge in [0.15, 0.2) is 0 Å². The van der Waals surface area contributed by atoms with Crippen LogP contribution in [0.25, 0.3) is 0 Å². The van der Waals surface area contributed by atoms with Crippen molar-refractivity contribution in [3.8, 4) is 0 Å². The fraction of sp³-hybridized carbons (Fsp3) is 0.571. The van der Waals surface area contributed by atoms with Crippen molar-refractivity contribution in [1.82, 2.24) is 5.32 Å². The molecule has 1 atom stereocenters. The van der Waals surface area contributed by atoms with E-state index in [4.69, 9.17) is 4.74 Å². The number of thioether (sulfide) groups is 1. The van der Waals surface area contributed by atoms with Crippen LogP contribution in [0.3, 0.4) is 0 Å². The van der Waals surface area contributed by atoms with Gasteiger partial charge in [0.05, 0.1) is 6.10 Å². The summed E-state index contributed by atoms with van der Waals surface area (Å²) in [5.41, 5.74) is 1.36. The van der Waals surface area contributed by atoms with E-state index in [1.165, 1.54) is 24.2 Å². The van der Waals surface area contributed by atoms with Gasteiger partial charge in [0.2, 0.25) is 0 Å². The van der Waals surface area contributed by atoms with Gasteiger partial charge < -0.3 is 10.1 Å². The standard InChI is InChI=1S/C14H21NOS/c1-2-5-13(6-3-1)11-15-8-10-17-12-14-7-4-9-16-14/h1-3,5-6,14-15H,4,7-12H2. The van der Waals surface area contributed by atoms with Crippen LogP contribution in [0, 0.1) is 0 Å². The molecule has 0 amide bonds. The maximum absolute atomic E-state index is 5.59. The monoisotopic (exact) mass is 251 g/mol. The molecule has 2 nitrogen and oxygen atoms in total. The van der Waals surface area contributed by atoms with E-state index < -0.39 is 0 Å². The Morgan fingerprint density at radius 3 is 2.94 bits per heavy atom. The highest BCUT2D eigenvalue weighted by atomic mass is 32.2. The zero-order chi connectivity index (χ0) is 11.8. The first kappa shape index (κ1) is 12.9. The molecule has 1 aromatic rings. The van der Waals surface area contributed by atoms with Crippen molar-refractivity contribution in [2.24, 2.45) is 0 Å². The minimum Gasteiger partial charge on any atom is -0.377 e. The Hall–Kier alpha value is -0.510. The fourth-order valence-electron chi connectivity index (χ4n) is 1.96. The highest BCUT2D eigenvalue weighted by Crippen LogP contribution is 2.16. The van der Waals surface area contributed by atoms with E-state index in [2.05, 4.69) is 35.6 Å². The Morgan fingerprint density at radius 2 is 2.18 bits per heavy atom. The van der Waals surface area contributed by atoms with E-state index in [-0.39, 0.29) is 0 Å². The molecule has 0 saturated carbocycles. The molecule has 0 spiro atoms. The predicted molar refractivity (Wildman–Crippen MR) is 74.4 cm³/mol. The van der Waals surface area contributed by atoms with Crippen molar-refractivity contribution in [2.45, 2.75) is 25.5 Å². The maximum atomic E-state index is 5.59. The second kappa shape index (κ2) is 7.75. The summed E-state index contributed by atoms with van der Waals surface area (Å²) in [5, 5.41) is 3.47. The molecule has 0 radical (unpaired) electrons. The average molecular weight is 251 g/mol. The van der Waals surface area contributed by atoms with Crippen molar-refractivity contribution >= 4 is 11.8 Å². The number of rotatable bonds is 7. The summed E-state index contributed by atoms with van der Waals surface area (Å²) in [4.78, 5) is 0. The van der Waals surface area contributed by atoms with Gasteiger partial charge >= 0.3 is 0 Å². The van der Waals surface area contributed by atoms with E-state index in [0.717, 1.165) is 25.4 Å². The van der Waals surface area contributed by atoms with Crippen molar-refractivity contribution in [1.29, 1.82) is 0 Å². The second-order valence-electron chi connectivity index (χ2n) is 4.37. The number of ether oxygens (including phenoxy) is 1. The topological polar surface area (TPSA) is 21.3 Å². The maximum Gasteiger partial charge on any atom is 0.0666 e. The lowest BCUT2D eigenvalue weighted by Gasteiger charge is -2.09. The van der Waals surface area contributed by atoms with Crippen LogP contribution in [0.4, 0.5) is 0 Å². The van der Waals surface area contributed by atoms with Gasteiger partial charge in [-0.15, -0.1) is 0 Å². The van der Waals surface area contributed by atoms with Crippen molar-refractivity contribution < 1.29 is 4.74 Å². The van der Waals surface area contributed by atoms with E-state index >= 15 is 0 Å². The normalized spacial score (nSPS) is 19.6. The second-order valence-corrected chi connectivity index (χ2v) is 5.52. The smallest absolute Gasteiger partial charge is 0.0666 e. The van der Waals surface area contributed by atoms with Gasteiger partial charge in [-0.05, 0) is 18.4 Å². The molecule has 0 bridgehead atoms. The molecule has 1 N–H and O–H groups in total. The van der Waals surface area contributed by atoms with Crippen LogP contribution in [0.5, 0.6) is 0 Å². The molecule has 0 aromatic heterocycles. The van der Waals surface area contributed by atoms with Gasteiger partial charge in [-0.25, -0.2) is 0 Å². The summed E-state index contributed by atoms with van der Waals surface area (Å²) < 4.78 is 5.59. The highest BCUT2D eigenvalue weighted by Gasteiger charge is 2.14. The summed E-state index contributed by atoms with van der Waals surface area (Å²) in [6.07, 6.45) is 3.02. The predicted octanol–water partition coefficient (Wildman–Crippen LogP) is 2.69. The first-order chi connectivity index (χ1) is 8.45. The summed E-state index contributed by atoms with van der Waals surface area (Å²) in [6, 6.07) is 10.5. The summed E-state index contributed by atoms with van der Waals surface area (Å²) in [6.45, 7) is 3.02. The lowest BCUT2D eigenvalue weighted by molar-refractivity contribution is 0.129. The largest absolute Gasteiger partial charge is 0.377 e. The number of nitrogens with one attached hydrogen (secondary N) is 1. The van der Waals surface area contributed by atoms with Crippen LogP contribution in [0.15, 0.2) is 30.3 Å². The van der Waals surface area contributed by atoms with Crippen LogP contribution in [0.2, 0.25) is 0 Å². The lowest BCUT2D eigenvalue weighted by atomic mass is 10.2. The van der Waals surface area contributed by atoms with Gasteiger partial charge in [-0.1, -0.05) is 30.3 Å². The Kier molecular flexibility index (Phi) is 5.89. The lowest BCUT2D eigenvalue weighted by Crippen LogP contribution is -2.17. The molecule has 1 aromatic carbocycles. The molecule has 1 heterocycles. The molecular weight excluding hydrogens is 230 g/mol. The van der Waals surface area contributed by atoms with Gasteiger partial charge in [-0.3, -0.25) is 0 Å². The number of benzene rings is 1. The summed E-state index contributed by atoms with van der Waals surface area (Å²) in [5.74, 6) is 2.33. The Labute approximate surface area is 108 Å². The first-order valence-electron chi connectivity index (χ1n) is 6.39. The summed E-state index contributed by atoms with van der Waals surface area (Å²) in [7, 11) is 0. The van der Waals surface area contributed by atoms with E-state index in [9.17, 15) is 0 Å². The van der Waals surface area contributed by atoms with Crippen LogP contribution in [0.1, 0.15) is 18.4 Å². The number of hydrogen-bond donors (Lipinski definition) is 1. The van der Waals surface area contributed by atoms with Crippen LogP contribution in [-0.2, 0) is 11.3 Å². The zero-order valence-corrected chi connectivity index (χ0v) is 11.0. The van der Waals surface area contributed by atoms with E-state index in [1.54, 1.807) is 0 Å². The van der Waals surface area contributed by atoms with Gasteiger partial charge in [0.1, 0.15) is 0 Å². The number of hydrogen-bond acceptors (Lipinski definition) is 3. The minimum atomic E-state index is 0.522. The van der Waals surface area contributed by atoms with Crippen LogP contribution >= 0.6 is 11.8 Å². The third-order valence-electron chi connectivity index (χ3n) is 2.92. The molecule has 0 aliphatic carbocycles. The fourth-order valence-corrected chi connectivity index (χ4v) is 2.94. The molecule has 1 saturated heterocycles. The molecule has 1 aliphatic heterocycles. The Balaban J connectivity index is 1.46. The molecule has 3 heteroatoms. The van der Waals surface area contributed by atoms with E-state index in [0.29, 0.717) is 6.10 Å². The molecule has 1 aliphatic rings. The third kappa shape index (κ3) is 5.11. The molecular formula is C14H21NOS. The summed E-state index contributed by atoms with van der Waals surface area (Å²) >= 11 is 2.00. The zero-order valence-electron chi connectivity index (χ0n) is 10.2. The van der Waals surface area contributed by atoms with Gasteiger partial charge in [-0.2, -0.15) is 11.8 Å². The highest BCUT2D eigenvalue weighted by molar-refractivity contribution is 7.99. The van der Waals surface area contributed by atoms with Gasteiger partial charge in [0, 0.05) is 31.2 Å².